The van der Waals surface area contributed by atoms with E-state index in [2.05, 4.69) is 197 Å². The molecule has 0 fully saturated rings. The standard InChI is InChI=1S/C37H38O2.C33H36O2/c1-24-22-29(18-20-34(24)38)36(3,4)27-14-16-28(17-15-27)37(5,6)30-19-21-35(39)33(23-30)25(2)31-13-9-11-26-10-7-8-12-32(26)31;1-22-20-27(16-18-30(22)34)32(3,4)25-12-14-26(15-13-25)33(5,6)28-17-19-31(35)29(21-28)23(2)24-10-8-7-9-11-24/h7-23,25,38-39H,1-6H3;7-21,23,34-35H,1-6H3. The molecule has 9 aromatic rings. The van der Waals surface area contributed by atoms with Gasteiger partial charge in [0.25, 0.3) is 0 Å². The van der Waals surface area contributed by atoms with Gasteiger partial charge in [0, 0.05) is 44.6 Å². The molecule has 4 N–H and O–H groups in total. The van der Waals surface area contributed by atoms with Crippen molar-refractivity contribution in [3.8, 4) is 23.0 Å². The van der Waals surface area contributed by atoms with Gasteiger partial charge in [-0.3, -0.25) is 0 Å². The van der Waals surface area contributed by atoms with Gasteiger partial charge in [-0.2, -0.15) is 0 Å². The van der Waals surface area contributed by atoms with Crippen LogP contribution in [0.15, 0.2) is 194 Å². The molecule has 2 unspecified atom stereocenters. The van der Waals surface area contributed by atoms with Crippen LogP contribution in [-0.4, -0.2) is 20.4 Å². The Balaban J connectivity index is 0.000000198. The van der Waals surface area contributed by atoms with Gasteiger partial charge in [-0.1, -0.05) is 239 Å². The molecule has 0 bridgehead atoms. The highest BCUT2D eigenvalue weighted by Crippen LogP contribution is 2.43. The van der Waals surface area contributed by atoms with Gasteiger partial charge in [-0.05, 0) is 116 Å². The maximum Gasteiger partial charge on any atom is 0.119 e. The van der Waals surface area contributed by atoms with Crippen molar-refractivity contribution in [1.29, 1.82) is 0 Å². The van der Waals surface area contributed by atoms with Gasteiger partial charge in [0.1, 0.15) is 23.0 Å². The van der Waals surface area contributed by atoms with Crippen molar-refractivity contribution in [2.45, 2.75) is 117 Å². The Hall–Kier alpha value is -7.56. The van der Waals surface area contributed by atoms with E-state index in [4.69, 9.17) is 0 Å². The Morgan fingerprint density at radius 2 is 0.622 bits per heavy atom. The van der Waals surface area contributed by atoms with Crippen LogP contribution in [0.25, 0.3) is 10.8 Å². The first-order valence-corrected chi connectivity index (χ1v) is 26.0. The number of hydrogen-bond donors (Lipinski definition) is 4. The Bertz CT molecular complexity index is 3410. The Labute approximate surface area is 440 Å². The predicted molar refractivity (Wildman–Crippen MR) is 309 cm³/mol. The van der Waals surface area contributed by atoms with E-state index in [-0.39, 0.29) is 33.5 Å². The van der Waals surface area contributed by atoms with E-state index in [1.54, 1.807) is 12.1 Å². The van der Waals surface area contributed by atoms with Gasteiger partial charge in [0.15, 0.2) is 0 Å². The molecule has 9 rings (SSSR count). The number of hydrogen-bond acceptors (Lipinski definition) is 4. The second kappa shape index (κ2) is 20.7. The average Bonchev–Trinajstić information content (AvgIpc) is 3.40. The highest BCUT2D eigenvalue weighted by Gasteiger charge is 2.30. The summed E-state index contributed by atoms with van der Waals surface area (Å²) in [5.41, 5.74) is 14.8. The summed E-state index contributed by atoms with van der Waals surface area (Å²) >= 11 is 0. The van der Waals surface area contributed by atoms with Crippen molar-refractivity contribution < 1.29 is 20.4 Å². The summed E-state index contributed by atoms with van der Waals surface area (Å²) in [7, 11) is 0. The molecular weight excluding hydrogens is 905 g/mol. The zero-order chi connectivity index (χ0) is 53.3. The van der Waals surface area contributed by atoms with Crippen LogP contribution in [0.3, 0.4) is 0 Å². The number of aromatic hydroxyl groups is 4. The quantitative estimate of drug-likeness (QED) is 0.0983. The number of phenols is 4. The largest absolute Gasteiger partial charge is 0.508 e. The van der Waals surface area contributed by atoms with Crippen molar-refractivity contribution >= 4 is 10.8 Å². The fourth-order valence-electron chi connectivity index (χ4n) is 10.7. The fourth-order valence-corrected chi connectivity index (χ4v) is 10.7. The molecule has 0 aromatic heterocycles. The van der Waals surface area contributed by atoms with Crippen LogP contribution in [-0.2, 0) is 21.7 Å². The second-order valence-corrected chi connectivity index (χ2v) is 22.6. The number of phenolic OH excluding ortho intramolecular Hbond substituents is 4. The van der Waals surface area contributed by atoms with Gasteiger partial charge in [-0.15, -0.1) is 0 Å². The summed E-state index contributed by atoms with van der Waals surface area (Å²) < 4.78 is 0. The van der Waals surface area contributed by atoms with Crippen molar-refractivity contribution in [3.05, 3.63) is 272 Å². The van der Waals surface area contributed by atoms with Crippen LogP contribution in [0.2, 0.25) is 0 Å². The van der Waals surface area contributed by atoms with E-state index in [9.17, 15) is 20.4 Å². The number of benzene rings is 9. The van der Waals surface area contributed by atoms with E-state index < -0.39 is 0 Å². The average molecular weight is 979 g/mol. The summed E-state index contributed by atoms with van der Waals surface area (Å²) in [6, 6.07) is 66.7. The van der Waals surface area contributed by atoms with Gasteiger partial charge in [0.05, 0.1) is 0 Å². The highest BCUT2D eigenvalue weighted by molar-refractivity contribution is 5.86. The van der Waals surface area contributed by atoms with E-state index in [0.29, 0.717) is 23.0 Å². The second-order valence-electron chi connectivity index (χ2n) is 22.6. The van der Waals surface area contributed by atoms with Gasteiger partial charge in [0.2, 0.25) is 0 Å². The van der Waals surface area contributed by atoms with Crippen molar-refractivity contribution in [2.24, 2.45) is 0 Å². The third kappa shape index (κ3) is 10.5. The Morgan fingerprint density at radius 3 is 1.03 bits per heavy atom. The first-order chi connectivity index (χ1) is 35.0. The van der Waals surface area contributed by atoms with E-state index in [1.165, 1.54) is 66.4 Å². The minimum atomic E-state index is -0.251. The third-order valence-electron chi connectivity index (χ3n) is 16.5. The molecule has 2 atom stereocenters. The Morgan fingerprint density at radius 1 is 0.297 bits per heavy atom. The SMILES string of the molecule is Cc1cc(C(C)(C)c2ccc(C(C)(C)c3ccc(O)c(C(C)c4cccc5ccccc45)c3)cc2)ccc1O.Cc1cc(C(C)(C)c2ccc(C(C)(C)c3ccc(O)c(C(C)c4ccccc4)c3)cc2)ccc1O. The van der Waals surface area contributed by atoms with Crippen LogP contribution in [0.1, 0.15) is 159 Å². The first-order valence-electron chi connectivity index (χ1n) is 26.0. The first kappa shape index (κ1) is 52.8. The zero-order valence-electron chi connectivity index (χ0n) is 45.4. The van der Waals surface area contributed by atoms with Gasteiger partial charge in [-0.25, -0.2) is 0 Å². The topological polar surface area (TPSA) is 80.9 Å². The van der Waals surface area contributed by atoms with Gasteiger partial charge < -0.3 is 20.4 Å². The lowest BCUT2D eigenvalue weighted by atomic mass is 9.74. The highest BCUT2D eigenvalue weighted by atomic mass is 16.3. The monoisotopic (exact) mass is 979 g/mol. The molecule has 74 heavy (non-hydrogen) atoms. The number of fused-ring (bicyclic) bond motifs is 1. The molecule has 0 aliphatic carbocycles. The van der Waals surface area contributed by atoms with Crippen LogP contribution in [0, 0.1) is 13.8 Å². The molecule has 0 heterocycles. The zero-order valence-corrected chi connectivity index (χ0v) is 45.4. The van der Waals surface area contributed by atoms with Crippen LogP contribution < -0.4 is 0 Å². The summed E-state index contributed by atoms with van der Waals surface area (Å²) in [6.45, 7) is 26.0. The number of aryl methyl sites for hydroxylation is 2. The molecule has 0 amide bonds. The number of rotatable bonds is 12. The summed E-state index contributed by atoms with van der Waals surface area (Å²) in [6.07, 6.45) is 0. The van der Waals surface area contributed by atoms with Crippen molar-refractivity contribution in [2.75, 3.05) is 0 Å². The maximum absolute atomic E-state index is 10.9. The third-order valence-corrected chi connectivity index (χ3v) is 16.5. The minimum Gasteiger partial charge on any atom is -0.508 e. The van der Waals surface area contributed by atoms with Crippen LogP contribution in [0.5, 0.6) is 23.0 Å². The van der Waals surface area contributed by atoms with E-state index >= 15 is 0 Å². The molecule has 0 radical (unpaired) electrons. The Kier molecular flexibility index (Phi) is 14.8. The molecule has 9 aromatic carbocycles. The fraction of sp³-hybridized carbons (Fsp3) is 0.257. The summed E-state index contributed by atoms with van der Waals surface area (Å²) in [4.78, 5) is 0. The molecule has 0 saturated carbocycles. The molecular formula is C70H74O4. The molecule has 0 aliphatic rings. The van der Waals surface area contributed by atoms with Gasteiger partial charge >= 0.3 is 0 Å². The van der Waals surface area contributed by atoms with E-state index in [0.717, 1.165) is 22.3 Å². The van der Waals surface area contributed by atoms with Crippen LogP contribution >= 0.6 is 0 Å². The lowest BCUT2D eigenvalue weighted by molar-refractivity contribution is 0.464. The molecule has 0 saturated heterocycles. The van der Waals surface area contributed by atoms with Crippen molar-refractivity contribution in [1.82, 2.24) is 0 Å². The normalized spacial score (nSPS) is 13.0. The molecule has 0 spiro atoms. The summed E-state index contributed by atoms with van der Waals surface area (Å²) in [5, 5.41) is 43.9. The van der Waals surface area contributed by atoms with E-state index in [1.807, 2.05) is 68.4 Å². The van der Waals surface area contributed by atoms with Crippen LogP contribution in [0.4, 0.5) is 0 Å². The molecule has 0 aliphatic heterocycles. The minimum absolute atomic E-state index is 0.0452. The predicted octanol–water partition coefficient (Wildman–Crippen LogP) is 17.6. The molecule has 378 valence electrons. The lowest BCUT2D eigenvalue weighted by Gasteiger charge is -2.30. The maximum atomic E-state index is 10.9. The smallest absolute Gasteiger partial charge is 0.119 e. The van der Waals surface area contributed by atoms with Crippen molar-refractivity contribution in [3.63, 3.8) is 0 Å². The molecule has 4 heteroatoms. The lowest BCUT2D eigenvalue weighted by Crippen LogP contribution is -2.22. The summed E-state index contributed by atoms with van der Waals surface area (Å²) in [5.74, 6) is 1.47. The molecule has 4 nitrogen and oxygen atoms in total.